The van der Waals surface area contributed by atoms with Crippen LogP contribution in [0.3, 0.4) is 0 Å². The summed E-state index contributed by atoms with van der Waals surface area (Å²) in [6, 6.07) is 18.1. The van der Waals surface area contributed by atoms with Gasteiger partial charge in [0.2, 0.25) is 0 Å². The van der Waals surface area contributed by atoms with Gasteiger partial charge in [-0.05, 0) is 24.3 Å². The van der Waals surface area contributed by atoms with Gasteiger partial charge in [0.05, 0.1) is 10.9 Å². The van der Waals surface area contributed by atoms with Crippen molar-refractivity contribution in [1.82, 2.24) is 14.9 Å². The van der Waals surface area contributed by atoms with Crippen molar-refractivity contribution in [1.29, 1.82) is 0 Å². The van der Waals surface area contributed by atoms with Crippen LogP contribution >= 0.6 is 0 Å². The number of rotatable bonds is 4. The average molecular weight is 334 g/mol. The van der Waals surface area contributed by atoms with E-state index in [1.807, 2.05) is 24.3 Å². The first-order valence-electron chi connectivity index (χ1n) is 8.80. The Kier molecular flexibility index (Phi) is 4.48. The van der Waals surface area contributed by atoms with E-state index in [2.05, 4.69) is 50.1 Å². The molecule has 2 heterocycles. The number of para-hydroxylation sites is 2. The summed E-state index contributed by atoms with van der Waals surface area (Å²) < 4.78 is 0. The number of fused-ring (bicyclic) bond motifs is 1. The molecule has 5 nitrogen and oxygen atoms in total. The van der Waals surface area contributed by atoms with Gasteiger partial charge in [-0.1, -0.05) is 30.3 Å². The Balaban J connectivity index is 1.36. The summed E-state index contributed by atoms with van der Waals surface area (Å²) in [7, 11) is 0. The number of H-pyrrole nitrogens is 1. The van der Waals surface area contributed by atoms with E-state index in [0.717, 1.165) is 50.5 Å². The second kappa shape index (κ2) is 7.07. The maximum absolute atomic E-state index is 12.1. The molecule has 5 heteroatoms. The molecule has 0 radical (unpaired) electrons. The van der Waals surface area contributed by atoms with Gasteiger partial charge in [0.15, 0.2) is 0 Å². The largest absolute Gasteiger partial charge is 0.369 e. The summed E-state index contributed by atoms with van der Waals surface area (Å²) in [5.74, 6) is 0.772. The van der Waals surface area contributed by atoms with E-state index in [4.69, 9.17) is 0 Å². The summed E-state index contributed by atoms with van der Waals surface area (Å²) in [6.45, 7) is 5.06. The first kappa shape index (κ1) is 15.8. The molecule has 0 atom stereocenters. The van der Waals surface area contributed by atoms with E-state index >= 15 is 0 Å². The van der Waals surface area contributed by atoms with Gasteiger partial charge in [0, 0.05) is 44.8 Å². The third kappa shape index (κ3) is 3.56. The van der Waals surface area contributed by atoms with Crippen molar-refractivity contribution in [3.05, 3.63) is 70.8 Å². The SMILES string of the molecule is O=c1[nH]c(CCN2CCN(c3ccccc3)CC2)nc2ccccc12. The van der Waals surface area contributed by atoms with Gasteiger partial charge in [-0.2, -0.15) is 0 Å². The molecule has 1 aromatic heterocycles. The van der Waals surface area contributed by atoms with E-state index < -0.39 is 0 Å². The minimum absolute atomic E-state index is 0.0468. The Bertz CT molecular complexity index is 898. The molecule has 25 heavy (non-hydrogen) atoms. The predicted molar refractivity (Wildman–Crippen MR) is 101 cm³/mol. The lowest BCUT2D eigenvalue weighted by Crippen LogP contribution is -2.47. The fourth-order valence-electron chi connectivity index (χ4n) is 3.39. The Hall–Kier alpha value is -2.66. The van der Waals surface area contributed by atoms with E-state index in [0.29, 0.717) is 5.39 Å². The molecular weight excluding hydrogens is 312 g/mol. The van der Waals surface area contributed by atoms with Crippen LogP contribution in [0.15, 0.2) is 59.4 Å². The van der Waals surface area contributed by atoms with Gasteiger partial charge in [-0.25, -0.2) is 4.98 Å². The quantitative estimate of drug-likeness (QED) is 0.795. The topological polar surface area (TPSA) is 52.2 Å². The standard InChI is InChI=1S/C20H22N4O/c25-20-17-8-4-5-9-18(17)21-19(22-20)10-11-23-12-14-24(15-13-23)16-6-2-1-3-7-16/h1-9H,10-15H2,(H,21,22,25). The van der Waals surface area contributed by atoms with Crippen molar-refractivity contribution in [3.8, 4) is 0 Å². The molecule has 4 rings (SSSR count). The van der Waals surface area contributed by atoms with Gasteiger partial charge < -0.3 is 9.88 Å². The van der Waals surface area contributed by atoms with Crippen LogP contribution in [0.25, 0.3) is 10.9 Å². The summed E-state index contributed by atoms with van der Waals surface area (Å²) >= 11 is 0. The highest BCUT2D eigenvalue weighted by molar-refractivity contribution is 5.77. The number of anilines is 1. The van der Waals surface area contributed by atoms with Crippen LogP contribution in [-0.2, 0) is 6.42 Å². The zero-order valence-corrected chi connectivity index (χ0v) is 14.2. The molecule has 0 amide bonds. The van der Waals surface area contributed by atoms with Crippen molar-refractivity contribution in [2.45, 2.75) is 6.42 Å². The van der Waals surface area contributed by atoms with Crippen LogP contribution in [0, 0.1) is 0 Å². The maximum Gasteiger partial charge on any atom is 0.258 e. The van der Waals surface area contributed by atoms with Crippen molar-refractivity contribution in [2.24, 2.45) is 0 Å². The number of nitrogens with one attached hydrogen (secondary N) is 1. The highest BCUT2D eigenvalue weighted by Crippen LogP contribution is 2.15. The Morgan fingerprint density at radius 2 is 1.64 bits per heavy atom. The second-order valence-corrected chi connectivity index (χ2v) is 6.44. The van der Waals surface area contributed by atoms with Gasteiger partial charge in [-0.15, -0.1) is 0 Å². The Labute approximate surface area is 146 Å². The van der Waals surface area contributed by atoms with E-state index in [1.54, 1.807) is 0 Å². The lowest BCUT2D eigenvalue weighted by atomic mass is 10.2. The average Bonchev–Trinajstić information content (AvgIpc) is 2.68. The molecule has 128 valence electrons. The normalized spacial score (nSPS) is 15.6. The zero-order valence-electron chi connectivity index (χ0n) is 14.2. The molecule has 2 aromatic carbocycles. The molecule has 1 aliphatic rings. The first-order chi connectivity index (χ1) is 12.3. The molecule has 0 bridgehead atoms. The number of aromatic nitrogens is 2. The number of hydrogen-bond donors (Lipinski definition) is 1. The fourth-order valence-corrected chi connectivity index (χ4v) is 3.39. The van der Waals surface area contributed by atoms with Crippen LogP contribution < -0.4 is 10.5 Å². The molecule has 0 saturated carbocycles. The first-order valence-corrected chi connectivity index (χ1v) is 8.80. The maximum atomic E-state index is 12.1. The summed E-state index contributed by atoms with van der Waals surface area (Å²) in [5.41, 5.74) is 2.02. The van der Waals surface area contributed by atoms with Crippen molar-refractivity contribution >= 4 is 16.6 Å². The summed E-state index contributed by atoms with van der Waals surface area (Å²) in [6.07, 6.45) is 0.769. The molecule has 0 spiro atoms. The Morgan fingerprint density at radius 3 is 2.44 bits per heavy atom. The number of aromatic amines is 1. The number of nitrogens with zero attached hydrogens (tertiary/aromatic N) is 3. The predicted octanol–water partition coefficient (Wildman–Crippen LogP) is 2.29. The Morgan fingerprint density at radius 1 is 0.920 bits per heavy atom. The van der Waals surface area contributed by atoms with E-state index in [-0.39, 0.29) is 5.56 Å². The van der Waals surface area contributed by atoms with Gasteiger partial charge >= 0.3 is 0 Å². The molecular formula is C20H22N4O. The van der Waals surface area contributed by atoms with Crippen LogP contribution in [0.5, 0.6) is 0 Å². The van der Waals surface area contributed by atoms with Crippen molar-refractivity contribution in [2.75, 3.05) is 37.6 Å². The lowest BCUT2D eigenvalue weighted by Gasteiger charge is -2.36. The fraction of sp³-hybridized carbons (Fsp3) is 0.300. The van der Waals surface area contributed by atoms with E-state index in [9.17, 15) is 4.79 Å². The van der Waals surface area contributed by atoms with E-state index in [1.165, 1.54) is 5.69 Å². The minimum Gasteiger partial charge on any atom is -0.369 e. The third-order valence-electron chi connectivity index (χ3n) is 4.82. The summed E-state index contributed by atoms with van der Waals surface area (Å²) in [4.78, 5) is 24.5. The van der Waals surface area contributed by atoms with Crippen LogP contribution in [-0.4, -0.2) is 47.6 Å². The number of piperazine rings is 1. The molecule has 0 unspecified atom stereocenters. The van der Waals surface area contributed by atoms with Crippen LogP contribution in [0.2, 0.25) is 0 Å². The van der Waals surface area contributed by atoms with Crippen molar-refractivity contribution in [3.63, 3.8) is 0 Å². The molecule has 1 fully saturated rings. The highest BCUT2D eigenvalue weighted by Gasteiger charge is 2.17. The highest BCUT2D eigenvalue weighted by atomic mass is 16.1. The smallest absolute Gasteiger partial charge is 0.258 e. The zero-order chi connectivity index (χ0) is 17.1. The van der Waals surface area contributed by atoms with Crippen LogP contribution in [0.4, 0.5) is 5.69 Å². The van der Waals surface area contributed by atoms with Gasteiger partial charge in [0.1, 0.15) is 5.82 Å². The van der Waals surface area contributed by atoms with Crippen LogP contribution in [0.1, 0.15) is 5.82 Å². The summed E-state index contributed by atoms with van der Waals surface area (Å²) in [5, 5.41) is 0.655. The monoisotopic (exact) mass is 334 g/mol. The van der Waals surface area contributed by atoms with Gasteiger partial charge in [-0.3, -0.25) is 9.69 Å². The van der Waals surface area contributed by atoms with Gasteiger partial charge in [0.25, 0.3) is 5.56 Å². The number of hydrogen-bond acceptors (Lipinski definition) is 4. The molecule has 1 aliphatic heterocycles. The molecule has 0 aliphatic carbocycles. The van der Waals surface area contributed by atoms with Crippen molar-refractivity contribution < 1.29 is 0 Å². The second-order valence-electron chi connectivity index (χ2n) is 6.44. The molecule has 3 aromatic rings. The molecule has 1 N–H and O–H groups in total. The minimum atomic E-state index is -0.0468. The molecule has 1 saturated heterocycles. The lowest BCUT2D eigenvalue weighted by molar-refractivity contribution is 0.259. The number of benzene rings is 2. The third-order valence-corrected chi connectivity index (χ3v) is 4.82.